The molecule has 1 saturated heterocycles. The third-order valence-electron chi connectivity index (χ3n) is 4.41. The summed E-state index contributed by atoms with van der Waals surface area (Å²) in [4.78, 5) is 16.7. The molecule has 8 nitrogen and oxygen atoms in total. The molecule has 9 heteroatoms. The number of nitrogens with zero attached hydrogens (tertiary/aromatic N) is 2. The van der Waals surface area contributed by atoms with Gasteiger partial charge < -0.3 is 9.73 Å². The SMILES string of the molecule is Cc1ccc(-c2nc(CNC(=O)C3CCCN(S(N)(=O)=O)C3)co2)cc1. The number of nitrogens with two attached hydrogens (primary N) is 1. The summed E-state index contributed by atoms with van der Waals surface area (Å²) in [5.41, 5.74) is 2.62. The second-order valence-electron chi connectivity index (χ2n) is 6.47. The molecule has 2 aromatic rings. The highest BCUT2D eigenvalue weighted by Crippen LogP contribution is 2.20. The van der Waals surface area contributed by atoms with Gasteiger partial charge in [0.2, 0.25) is 11.8 Å². The van der Waals surface area contributed by atoms with Crippen molar-refractivity contribution in [3.63, 3.8) is 0 Å². The van der Waals surface area contributed by atoms with E-state index in [1.807, 2.05) is 31.2 Å². The summed E-state index contributed by atoms with van der Waals surface area (Å²) < 4.78 is 29.5. The van der Waals surface area contributed by atoms with E-state index in [9.17, 15) is 13.2 Å². The Morgan fingerprint density at radius 2 is 2.12 bits per heavy atom. The molecule has 140 valence electrons. The van der Waals surface area contributed by atoms with Crippen LogP contribution in [0.25, 0.3) is 11.5 Å². The van der Waals surface area contributed by atoms with Gasteiger partial charge in [0.25, 0.3) is 10.2 Å². The minimum absolute atomic E-state index is 0.109. The molecule has 1 aromatic carbocycles. The fraction of sp³-hybridized carbons (Fsp3) is 0.412. The first kappa shape index (κ1) is 18.6. The molecule has 0 bridgehead atoms. The maximum atomic E-state index is 12.3. The van der Waals surface area contributed by atoms with Crippen LogP contribution in [0.15, 0.2) is 34.9 Å². The Kier molecular flexibility index (Phi) is 5.40. The third-order valence-corrected chi connectivity index (χ3v) is 5.46. The number of oxazole rings is 1. The van der Waals surface area contributed by atoms with E-state index in [0.717, 1.165) is 15.4 Å². The van der Waals surface area contributed by atoms with Crippen molar-refractivity contribution in [3.05, 3.63) is 41.8 Å². The Morgan fingerprint density at radius 1 is 1.38 bits per heavy atom. The second-order valence-corrected chi connectivity index (χ2v) is 8.02. The Hall–Kier alpha value is -2.23. The van der Waals surface area contributed by atoms with Crippen LogP contribution in [0.3, 0.4) is 0 Å². The zero-order valence-electron chi connectivity index (χ0n) is 14.5. The summed E-state index contributed by atoms with van der Waals surface area (Å²) in [5, 5.41) is 7.94. The Labute approximate surface area is 152 Å². The lowest BCUT2D eigenvalue weighted by Gasteiger charge is -2.29. The zero-order valence-corrected chi connectivity index (χ0v) is 15.3. The Morgan fingerprint density at radius 3 is 2.81 bits per heavy atom. The van der Waals surface area contributed by atoms with E-state index in [1.165, 1.54) is 6.26 Å². The van der Waals surface area contributed by atoms with Gasteiger partial charge in [-0.2, -0.15) is 12.7 Å². The summed E-state index contributed by atoms with van der Waals surface area (Å²) in [6.07, 6.45) is 2.74. The van der Waals surface area contributed by atoms with Crippen LogP contribution in [0, 0.1) is 12.8 Å². The van der Waals surface area contributed by atoms with E-state index in [0.29, 0.717) is 31.0 Å². The summed E-state index contributed by atoms with van der Waals surface area (Å²) in [7, 11) is -3.76. The van der Waals surface area contributed by atoms with Gasteiger partial charge in [-0.1, -0.05) is 17.7 Å². The number of hydrogen-bond acceptors (Lipinski definition) is 5. The van der Waals surface area contributed by atoms with E-state index in [-0.39, 0.29) is 19.0 Å². The van der Waals surface area contributed by atoms with Gasteiger partial charge in [-0.25, -0.2) is 10.1 Å². The monoisotopic (exact) mass is 378 g/mol. The van der Waals surface area contributed by atoms with Gasteiger partial charge in [0.15, 0.2) is 0 Å². The van der Waals surface area contributed by atoms with Gasteiger partial charge in [0.1, 0.15) is 6.26 Å². The van der Waals surface area contributed by atoms with Crippen LogP contribution in [0.4, 0.5) is 0 Å². The molecule has 0 saturated carbocycles. The number of carbonyl (C=O) groups excluding carboxylic acids is 1. The average Bonchev–Trinajstić information content (AvgIpc) is 3.08. The fourth-order valence-corrected chi connectivity index (χ4v) is 3.70. The average molecular weight is 378 g/mol. The number of piperidine rings is 1. The molecule has 0 aliphatic carbocycles. The smallest absolute Gasteiger partial charge is 0.276 e. The predicted octanol–water partition coefficient (Wildman–Crippen LogP) is 1.18. The molecule has 1 aliphatic rings. The molecule has 1 atom stereocenters. The molecular formula is C17H22N4O4S. The van der Waals surface area contributed by atoms with E-state index in [2.05, 4.69) is 10.3 Å². The first-order chi connectivity index (χ1) is 12.3. The van der Waals surface area contributed by atoms with Gasteiger partial charge in [-0.15, -0.1) is 0 Å². The van der Waals surface area contributed by atoms with Gasteiger partial charge in [-0.05, 0) is 31.9 Å². The van der Waals surface area contributed by atoms with Crippen molar-refractivity contribution in [3.8, 4) is 11.5 Å². The van der Waals surface area contributed by atoms with Crippen LogP contribution in [0.5, 0.6) is 0 Å². The fourth-order valence-electron chi connectivity index (χ4n) is 2.93. The second kappa shape index (κ2) is 7.56. The van der Waals surface area contributed by atoms with E-state index in [1.54, 1.807) is 0 Å². The number of hydrogen-bond donors (Lipinski definition) is 2. The van der Waals surface area contributed by atoms with Crippen molar-refractivity contribution in [1.82, 2.24) is 14.6 Å². The lowest BCUT2D eigenvalue weighted by molar-refractivity contribution is -0.126. The summed E-state index contributed by atoms with van der Waals surface area (Å²) in [6.45, 7) is 2.69. The largest absolute Gasteiger partial charge is 0.444 e. The van der Waals surface area contributed by atoms with Crippen LogP contribution < -0.4 is 10.5 Å². The molecular weight excluding hydrogens is 356 g/mol. The normalized spacial score (nSPS) is 18.6. The van der Waals surface area contributed by atoms with Crippen LogP contribution in [-0.4, -0.2) is 36.7 Å². The predicted molar refractivity (Wildman–Crippen MR) is 95.9 cm³/mol. The van der Waals surface area contributed by atoms with Gasteiger partial charge >= 0.3 is 0 Å². The molecule has 1 fully saturated rings. The minimum atomic E-state index is -3.76. The van der Waals surface area contributed by atoms with E-state index >= 15 is 0 Å². The number of carbonyl (C=O) groups is 1. The zero-order chi connectivity index (χ0) is 18.7. The number of benzene rings is 1. The summed E-state index contributed by atoms with van der Waals surface area (Å²) in [5.74, 6) is -0.129. The minimum Gasteiger partial charge on any atom is -0.444 e. The third kappa shape index (κ3) is 4.48. The van der Waals surface area contributed by atoms with Crippen molar-refractivity contribution in [2.75, 3.05) is 13.1 Å². The molecule has 3 rings (SSSR count). The lowest BCUT2D eigenvalue weighted by atomic mass is 9.99. The van der Waals surface area contributed by atoms with Crippen molar-refractivity contribution < 1.29 is 17.6 Å². The molecule has 26 heavy (non-hydrogen) atoms. The van der Waals surface area contributed by atoms with Crippen molar-refractivity contribution in [2.45, 2.75) is 26.3 Å². The maximum absolute atomic E-state index is 12.3. The first-order valence-corrected chi connectivity index (χ1v) is 9.90. The van der Waals surface area contributed by atoms with Gasteiger partial charge in [-0.3, -0.25) is 4.79 Å². The number of amides is 1. The van der Waals surface area contributed by atoms with Gasteiger partial charge in [0, 0.05) is 18.7 Å². The van der Waals surface area contributed by atoms with Crippen LogP contribution >= 0.6 is 0 Å². The first-order valence-electron chi connectivity index (χ1n) is 8.40. The highest BCUT2D eigenvalue weighted by Gasteiger charge is 2.30. The number of nitrogens with one attached hydrogen (secondary N) is 1. The molecule has 1 aromatic heterocycles. The molecule has 0 radical (unpaired) electrons. The van der Waals surface area contributed by atoms with Crippen LogP contribution in [-0.2, 0) is 21.5 Å². The topological polar surface area (TPSA) is 119 Å². The highest BCUT2D eigenvalue weighted by molar-refractivity contribution is 7.86. The number of aryl methyl sites for hydroxylation is 1. The van der Waals surface area contributed by atoms with Gasteiger partial charge in [0.05, 0.1) is 18.2 Å². The quantitative estimate of drug-likeness (QED) is 0.810. The van der Waals surface area contributed by atoms with Crippen molar-refractivity contribution >= 4 is 16.1 Å². The Bertz CT molecular complexity index is 876. The van der Waals surface area contributed by atoms with Crippen molar-refractivity contribution in [2.24, 2.45) is 11.1 Å². The van der Waals surface area contributed by atoms with E-state index in [4.69, 9.17) is 9.56 Å². The number of aromatic nitrogens is 1. The molecule has 3 N–H and O–H groups in total. The molecule has 1 amide bonds. The highest BCUT2D eigenvalue weighted by atomic mass is 32.2. The molecule has 1 unspecified atom stereocenters. The maximum Gasteiger partial charge on any atom is 0.276 e. The van der Waals surface area contributed by atoms with Crippen LogP contribution in [0.2, 0.25) is 0 Å². The van der Waals surface area contributed by atoms with Crippen molar-refractivity contribution in [1.29, 1.82) is 0 Å². The van der Waals surface area contributed by atoms with E-state index < -0.39 is 16.1 Å². The molecule has 1 aliphatic heterocycles. The summed E-state index contributed by atoms with van der Waals surface area (Å²) >= 11 is 0. The molecule has 0 spiro atoms. The number of rotatable bonds is 5. The summed E-state index contributed by atoms with van der Waals surface area (Å²) in [6, 6.07) is 7.80. The lowest BCUT2D eigenvalue weighted by Crippen LogP contribution is -2.47. The Balaban J connectivity index is 1.57. The van der Waals surface area contributed by atoms with Crippen LogP contribution in [0.1, 0.15) is 24.1 Å². The molecule has 2 heterocycles. The standard InChI is InChI=1S/C17H22N4O4S/c1-12-4-6-13(7-5-12)17-20-15(11-25-17)9-19-16(22)14-3-2-8-21(10-14)26(18,23)24/h4-7,11,14H,2-3,8-10H2,1H3,(H,19,22)(H2,18,23,24).